The number of carboxylic acids is 1. The largest absolute Gasteiger partial charge is 0.477 e. The van der Waals surface area contributed by atoms with Crippen molar-refractivity contribution in [3.8, 4) is 0 Å². The van der Waals surface area contributed by atoms with Gasteiger partial charge in [-0.3, -0.25) is 9.36 Å². The van der Waals surface area contributed by atoms with Crippen molar-refractivity contribution in [3.63, 3.8) is 0 Å². The smallest absolute Gasteiger partial charge is 0.347 e. The van der Waals surface area contributed by atoms with Crippen LogP contribution < -0.4 is 4.87 Å². The number of rotatable bonds is 3. The van der Waals surface area contributed by atoms with Crippen LogP contribution in [0.5, 0.6) is 0 Å². The van der Waals surface area contributed by atoms with E-state index < -0.39 is 5.97 Å². The van der Waals surface area contributed by atoms with Crippen LogP contribution in [0.15, 0.2) is 29.1 Å². The second kappa shape index (κ2) is 5.48. The standard InChI is InChI=1S/C16H19NO3S/c1-10-13(14(18)19)21-15(20)17(10)9-11-5-7-12(8-6-11)16(2,3)4/h5-8H,9H2,1-4H3,(H,18,19). The third-order valence-corrected chi connectivity index (χ3v) is 4.57. The molecule has 0 saturated carbocycles. The third-order valence-electron chi connectivity index (χ3n) is 3.50. The van der Waals surface area contributed by atoms with Crippen molar-refractivity contribution >= 4 is 17.3 Å². The van der Waals surface area contributed by atoms with Gasteiger partial charge in [0.15, 0.2) is 0 Å². The van der Waals surface area contributed by atoms with Crippen LogP contribution in [0.2, 0.25) is 0 Å². The molecule has 2 rings (SSSR count). The van der Waals surface area contributed by atoms with Gasteiger partial charge in [0.1, 0.15) is 4.88 Å². The van der Waals surface area contributed by atoms with Gasteiger partial charge in [-0.05, 0) is 23.5 Å². The maximum Gasteiger partial charge on any atom is 0.347 e. The van der Waals surface area contributed by atoms with Crippen LogP contribution in [-0.4, -0.2) is 15.6 Å². The first-order valence-corrected chi connectivity index (χ1v) is 7.54. The normalized spacial score (nSPS) is 11.6. The van der Waals surface area contributed by atoms with E-state index in [0.717, 1.165) is 16.9 Å². The second-order valence-electron chi connectivity index (χ2n) is 6.12. The lowest BCUT2D eigenvalue weighted by atomic mass is 9.87. The summed E-state index contributed by atoms with van der Waals surface area (Å²) in [6.45, 7) is 8.52. The van der Waals surface area contributed by atoms with E-state index in [0.29, 0.717) is 12.2 Å². The molecular formula is C16H19NO3S. The van der Waals surface area contributed by atoms with Crippen LogP contribution in [0, 0.1) is 6.92 Å². The van der Waals surface area contributed by atoms with Gasteiger partial charge in [0, 0.05) is 5.69 Å². The van der Waals surface area contributed by atoms with Crippen molar-refractivity contribution < 1.29 is 9.90 Å². The first kappa shape index (κ1) is 15.5. The number of aromatic nitrogens is 1. The molecule has 0 atom stereocenters. The minimum atomic E-state index is -1.04. The van der Waals surface area contributed by atoms with E-state index in [-0.39, 0.29) is 15.2 Å². The molecule has 0 unspecified atom stereocenters. The number of benzene rings is 1. The fraction of sp³-hybridized carbons (Fsp3) is 0.375. The summed E-state index contributed by atoms with van der Waals surface area (Å²) in [5.74, 6) is -1.04. The van der Waals surface area contributed by atoms with E-state index in [9.17, 15) is 9.59 Å². The monoisotopic (exact) mass is 305 g/mol. The molecule has 0 fully saturated rings. The van der Waals surface area contributed by atoms with Crippen molar-refractivity contribution in [2.75, 3.05) is 0 Å². The number of carboxylic acid groups (broad SMARTS) is 1. The van der Waals surface area contributed by atoms with Gasteiger partial charge in [-0.2, -0.15) is 0 Å². The van der Waals surface area contributed by atoms with Crippen LogP contribution in [0.1, 0.15) is 47.3 Å². The highest BCUT2D eigenvalue weighted by Crippen LogP contribution is 2.22. The fourth-order valence-electron chi connectivity index (χ4n) is 2.15. The SMILES string of the molecule is Cc1c(C(=O)O)sc(=O)n1Cc1ccc(C(C)(C)C)cc1. The average molecular weight is 305 g/mol. The minimum Gasteiger partial charge on any atom is -0.477 e. The molecule has 2 aromatic rings. The lowest BCUT2D eigenvalue weighted by Gasteiger charge is -2.19. The Morgan fingerprint density at radius 3 is 2.24 bits per heavy atom. The number of thiazole rings is 1. The number of nitrogens with zero attached hydrogens (tertiary/aromatic N) is 1. The average Bonchev–Trinajstić information content (AvgIpc) is 2.66. The molecule has 1 aromatic heterocycles. The molecule has 5 heteroatoms. The summed E-state index contributed by atoms with van der Waals surface area (Å²) >= 11 is 0.784. The molecule has 112 valence electrons. The number of hydrogen-bond donors (Lipinski definition) is 1. The van der Waals surface area contributed by atoms with Crippen LogP contribution >= 0.6 is 11.3 Å². The molecule has 0 spiro atoms. The van der Waals surface area contributed by atoms with E-state index >= 15 is 0 Å². The van der Waals surface area contributed by atoms with Gasteiger partial charge < -0.3 is 5.11 Å². The summed E-state index contributed by atoms with van der Waals surface area (Å²) in [4.78, 5) is 22.9. The lowest BCUT2D eigenvalue weighted by Crippen LogP contribution is -2.16. The molecule has 4 nitrogen and oxygen atoms in total. The maximum absolute atomic E-state index is 11.9. The van der Waals surface area contributed by atoms with Crippen molar-refractivity contribution in [1.82, 2.24) is 4.57 Å². The molecule has 0 aliphatic carbocycles. The predicted octanol–water partition coefficient (Wildman–Crippen LogP) is 3.26. The Morgan fingerprint density at radius 1 is 1.24 bits per heavy atom. The summed E-state index contributed by atoms with van der Waals surface area (Å²) < 4.78 is 1.51. The summed E-state index contributed by atoms with van der Waals surface area (Å²) in [6, 6.07) is 8.09. The van der Waals surface area contributed by atoms with Gasteiger partial charge in [0.2, 0.25) is 0 Å². The molecule has 1 aromatic carbocycles. The minimum absolute atomic E-state index is 0.0874. The Morgan fingerprint density at radius 2 is 1.81 bits per heavy atom. The van der Waals surface area contributed by atoms with Crippen molar-refractivity contribution in [1.29, 1.82) is 0 Å². The van der Waals surface area contributed by atoms with Gasteiger partial charge in [0.25, 0.3) is 0 Å². The summed E-state index contributed by atoms with van der Waals surface area (Å²) in [6.07, 6.45) is 0. The predicted molar refractivity (Wildman–Crippen MR) is 84.5 cm³/mol. The highest BCUT2D eigenvalue weighted by atomic mass is 32.1. The van der Waals surface area contributed by atoms with Gasteiger partial charge in [-0.15, -0.1) is 0 Å². The Kier molecular flexibility index (Phi) is 4.05. The Balaban J connectivity index is 2.31. The van der Waals surface area contributed by atoms with Gasteiger partial charge in [0.05, 0.1) is 6.54 Å². The molecule has 1 N–H and O–H groups in total. The zero-order valence-corrected chi connectivity index (χ0v) is 13.5. The Bertz CT molecular complexity index is 717. The number of carbonyl (C=O) groups is 1. The molecule has 0 amide bonds. The fourth-order valence-corrected chi connectivity index (χ4v) is 2.98. The van der Waals surface area contributed by atoms with Crippen LogP contribution in [0.25, 0.3) is 0 Å². The highest BCUT2D eigenvalue weighted by molar-refractivity contribution is 7.11. The second-order valence-corrected chi connectivity index (χ2v) is 7.08. The molecule has 0 saturated heterocycles. The Labute approximate surface area is 127 Å². The van der Waals surface area contributed by atoms with Gasteiger partial charge in [-0.25, -0.2) is 4.79 Å². The van der Waals surface area contributed by atoms with Crippen molar-refractivity contribution in [2.24, 2.45) is 0 Å². The third kappa shape index (κ3) is 3.24. The van der Waals surface area contributed by atoms with Crippen molar-refractivity contribution in [3.05, 3.63) is 55.6 Å². The molecule has 0 aliphatic heterocycles. The van der Waals surface area contributed by atoms with Crippen LogP contribution in [0.4, 0.5) is 0 Å². The zero-order valence-electron chi connectivity index (χ0n) is 12.6. The molecular weight excluding hydrogens is 286 g/mol. The molecule has 0 aliphatic rings. The summed E-state index contributed by atoms with van der Waals surface area (Å²) in [5.41, 5.74) is 2.82. The van der Waals surface area contributed by atoms with Gasteiger partial charge >= 0.3 is 10.8 Å². The molecule has 21 heavy (non-hydrogen) atoms. The number of hydrogen-bond acceptors (Lipinski definition) is 3. The van der Waals surface area contributed by atoms with Gasteiger partial charge in [-0.1, -0.05) is 56.4 Å². The summed E-state index contributed by atoms with van der Waals surface area (Å²) in [7, 11) is 0. The summed E-state index contributed by atoms with van der Waals surface area (Å²) in [5, 5.41) is 9.05. The number of aromatic carboxylic acids is 1. The topological polar surface area (TPSA) is 59.3 Å². The lowest BCUT2D eigenvalue weighted by molar-refractivity contribution is 0.0700. The first-order valence-electron chi connectivity index (χ1n) is 6.73. The van der Waals surface area contributed by atoms with E-state index in [2.05, 4.69) is 32.9 Å². The maximum atomic E-state index is 11.9. The first-order chi connectivity index (χ1) is 9.70. The van der Waals surface area contributed by atoms with Crippen LogP contribution in [-0.2, 0) is 12.0 Å². The van der Waals surface area contributed by atoms with Crippen LogP contribution in [0.3, 0.4) is 0 Å². The Hall–Kier alpha value is -1.88. The molecule has 1 heterocycles. The van der Waals surface area contributed by atoms with E-state index in [4.69, 9.17) is 5.11 Å². The van der Waals surface area contributed by atoms with Crippen molar-refractivity contribution in [2.45, 2.75) is 39.7 Å². The highest BCUT2D eigenvalue weighted by Gasteiger charge is 2.17. The quantitative estimate of drug-likeness (QED) is 0.947. The zero-order chi connectivity index (χ0) is 15.8. The van der Waals surface area contributed by atoms with E-state index in [1.807, 2.05) is 12.1 Å². The van der Waals surface area contributed by atoms with E-state index in [1.54, 1.807) is 6.92 Å². The molecule has 0 bridgehead atoms. The molecule has 0 radical (unpaired) electrons. The van der Waals surface area contributed by atoms with E-state index in [1.165, 1.54) is 10.1 Å².